The Balaban J connectivity index is 1.79. The predicted molar refractivity (Wildman–Crippen MR) is 134 cm³/mol. The van der Waals surface area contributed by atoms with Gasteiger partial charge in [0.25, 0.3) is 0 Å². The van der Waals surface area contributed by atoms with Crippen molar-refractivity contribution in [3.63, 3.8) is 0 Å². The summed E-state index contributed by atoms with van der Waals surface area (Å²) in [5.74, 6) is 0.619. The first-order valence-electron chi connectivity index (χ1n) is 13.3. The SMILES string of the molecule is CNCC(CC1CCCCC1)N1CCCC(C(O)(CCCCOC)c2cccc(C)c2F)C1. The molecule has 4 nitrogen and oxygen atoms in total. The lowest BCUT2D eigenvalue weighted by Crippen LogP contribution is -2.52. The maximum Gasteiger partial charge on any atom is 0.132 e. The third kappa shape index (κ3) is 7.00. The summed E-state index contributed by atoms with van der Waals surface area (Å²) in [5, 5.41) is 15.6. The highest BCUT2D eigenvalue weighted by Crippen LogP contribution is 2.42. The second-order valence-corrected chi connectivity index (χ2v) is 10.6. The van der Waals surface area contributed by atoms with Gasteiger partial charge in [-0.1, -0.05) is 50.3 Å². The second kappa shape index (κ2) is 13.2. The van der Waals surface area contributed by atoms with E-state index in [0.29, 0.717) is 30.2 Å². The minimum atomic E-state index is -1.14. The fourth-order valence-electron chi connectivity index (χ4n) is 6.31. The van der Waals surface area contributed by atoms with Crippen LogP contribution >= 0.6 is 0 Å². The molecule has 5 heteroatoms. The van der Waals surface area contributed by atoms with Crippen LogP contribution in [0.15, 0.2) is 18.2 Å². The summed E-state index contributed by atoms with van der Waals surface area (Å²) >= 11 is 0. The van der Waals surface area contributed by atoms with Gasteiger partial charge in [0.2, 0.25) is 0 Å². The van der Waals surface area contributed by atoms with Gasteiger partial charge in [-0.05, 0) is 70.5 Å². The molecule has 2 fully saturated rings. The van der Waals surface area contributed by atoms with Crippen LogP contribution in [0.2, 0.25) is 0 Å². The molecule has 1 aromatic carbocycles. The molecule has 0 spiro atoms. The van der Waals surface area contributed by atoms with Crippen LogP contribution in [-0.2, 0) is 10.3 Å². The van der Waals surface area contributed by atoms with Crippen LogP contribution in [0.5, 0.6) is 0 Å². The number of likely N-dealkylation sites (tertiary alicyclic amines) is 1. The van der Waals surface area contributed by atoms with Gasteiger partial charge >= 0.3 is 0 Å². The number of benzene rings is 1. The molecule has 2 N–H and O–H groups in total. The van der Waals surface area contributed by atoms with Crippen LogP contribution in [0, 0.1) is 24.6 Å². The van der Waals surface area contributed by atoms with E-state index >= 15 is 4.39 Å². The van der Waals surface area contributed by atoms with Crippen LogP contribution in [0.3, 0.4) is 0 Å². The molecular weight excluding hydrogens is 415 g/mol. The molecule has 1 aromatic rings. The molecule has 3 unspecified atom stereocenters. The molecule has 0 amide bonds. The Kier molecular flexibility index (Phi) is 10.6. The summed E-state index contributed by atoms with van der Waals surface area (Å²) in [6.07, 6.45) is 12.4. The van der Waals surface area contributed by atoms with E-state index in [2.05, 4.69) is 10.2 Å². The first-order chi connectivity index (χ1) is 16.0. The van der Waals surface area contributed by atoms with Gasteiger partial charge in [0.05, 0.1) is 5.60 Å². The Bertz CT molecular complexity index is 709. The number of aliphatic hydroxyl groups is 1. The average Bonchev–Trinajstić information content (AvgIpc) is 2.84. The summed E-state index contributed by atoms with van der Waals surface area (Å²) in [7, 11) is 3.75. The van der Waals surface area contributed by atoms with E-state index < -0.39 is 5.60 Å². The summed E-state index contributed by atoms with van der Waals surface area (Å²) in [6.45, 7) is 5.37. The molecule has 188 valence electrons. The lowest BCUT2D eigenvalue weighted by Gasteiger charge is -2.46. The molecular formula is C28H47FN2O2. The van der Waals surface area contributed by atoms with Crippen molar-refractivity contribution < 1.29 is 14.2 Å². The van der Waals surface area contributed by atoms with E-state index in [9.17, 15) is 5.11 Å². The zero-order chi connectivity index (χ0) is 23.7. The first-order valence-corrected chi connectivity index (χ1v) is 13.3. The molecule has 1 aliphatic heterocycles. The van der Waals surface area contributed by atoms with Gasteiger partial charge in [-0.25, -0.2) is 4.39 Å². The topological polar surface area (TPSA) is 44.7 Å². The third-order valence-corrected chi connectivity index (χ3v) is 8.23. The molecule has 0 bridgehead atoms. The normalized spacial score (nSPS) is 23.4. The minimum absolute atomic E-state index is 0.0378. The number of piperidine rings is 1. The zero-order valence-electron chi connectivity index (χ0n) is 21.3. The lowest BCUT2D eigenvalue weighted by molar-refractivity contribution is -0.0711. The van der Waals surface area contributed by atoms with E-state index in [4.69, 9.17) is 4.74 Å². The first kappa shape index (κ1) is 26.6. The Morgan fingerprint density at radius 2 is 1.97 bits per heavy atom. The van der Waals surface area contributed by atoms with Gasteiger partial charge in [0.15, 0.2) is 0 Å². The third-order valence-electron chi connectivity index (χ3n) is 8.23. The molecule has 0 radical (unpaired) electrons. The van der Waals surface area contributed by atoms with Crippen LogP contribution in [0.4, 0.5) is 4.39 Å². The largest absolute Gasteiger partial charge is 0.385 e. The number of unbranched alkanes of at least 4 members (excludes halogenated alkanes) is 1. The zero-order valence-corrected chi connectivity index (χ0v) is 21.3. The molecule has 3 rings (SSSR count). The highest BCUT2D eigenvalue weighted by Gasteiger charge is 2.43. The fourth-order valence-corrected chi connectivity index (χ4v) is 6.31. The van der Waals surface area contributed by atoms with E-state index in [1.807, 2.05) is 19.2 Å². The van der Waals surface area contributed by atoms with Crippen molar-refractivity contribution >= 4 is 0 Å². The van der Waals surface area contributed by atoms with E-state index in [1.165, 1.54) is 38.5 Å². The molecule has 3 atom stereocenters. The highest BCUT2D eigenvalue weighted by atomic mass is 19.1. The van der Waals surface area contributed by atoms with Crippen molar-refractivity contribution in [3.8, 4) is 0 Å². The lowest BCUT2D eigenvalue weighted by atomic mass is 9.73. The van der Waals surface area contributed by atoms with Crippen molar-refractivity contribution in [2.24, 2.45) is 11.8 Å². The number of likely N-dealkylation sites (N-methyl/N-ethyl adjacent to an activating group) is 1. The average molecular weight is 463 g/mol. The maximum atomic E-state index is 15.3. The summed E-state index contributed by atoms with van der Waals surface area (Å²) in [6, 6.07) is 5.98. The monoisotopic (exact) mass is 462 g/mol. The second-order valence-electron chi connectivity index (χ2n) is 10.6. The van der Waals surface area contributed by atoms with Gasteiger partial charge in [-0.3, -0.25) is 4.90 Å². The molecule has 0 aromatic heterocycles. The number of hydrogen-bond donors (Lipinski definition) is 2. The van der Waals surface area contributed by atoms with Gasteiger partial charge in [-0.2, -0.15) is 0 Å². The number of nitrogens with one attached hydrogen (secondary N) is 1. The number of hydrogen-bond acceptors (Lipinski definition) is 4. The van der Waals surface area contributed by atoms with Crippen LogP contribution in [0.25, 0.3) is 0 Å². The summed E-state index contributed by atoms with van der Waals surface area (Å²) < 4.78 is 20.5. The molecule has 1 saturated heterocycles. The summed E-state index contributed by atoms with van der Waals surface area (Å²) in [4.78, 5) is 2.60. The van der Waals surface area contributed by atoms with Crippen LogP contribution in [0.1, 0.15) is 81.8 Å². The van der Waals surface area contributed by atoms with Crippen molar-refractivity contribution in [2.45, 2.75) is 89.2 Å². The van der Waals surface area contributed by atoms with Gasteiger partial charge in [0.1, 0.15) is 5.82 Å². The Morgan fingerprint density at radius 1 is 1.18 bits per heavy atom. The number of nitrogens with zero attached hydrogens (tertiary/aromatic N) is 1. The van der Waals surface area contributed by atoms with E-state index in [1.54, 1.807) is 20.1 Å². The van der Waals surface area contributed by atoms with Crippen molar-refractivity contribution in [1.82, 2.24) is 10.2 Å². The molecule has 1 aliphatic carbocycles. The molecule has 1 heterocycles. The minimum Gasteiger partial charge on any atom is -0.385 e. The number of ether oxygens (including phenoxy) is 1. The van der Waals surface area contributed by atoms with E-state index in [-0.39, 0.29) is 11.7 Å². The highest BCUT2D eigenvalue weighted by molar-refractivity contribution is 5.31. The number of methoxy groups -OCH3 is 1. The van der Waals surface area contributed by atoms with Gasteiger partial charge < -0.3 is 15.2 Å². The number of aryl methyl sites for hydroxylation is 1. The van der Waals surface area contributed by atoms with Crippen molar-refractivity contribution in [2.75, 3.05) is 40.4 Å². The van der Waals surface area contributed by atoms with Gasteiger partial charge in [0, 0.05) is 44.3 Å². The van der Waals surface area contributed by atoms with Crippen molar-refractivity contribution in [3.05, 3.63) is 35.1 Å². The molecule has 2 aliphatic rings. The number of halogens is 1. The Labute approximate surface area is 201 Å². The summed E-state index contributed by atoms with van der Waals surface area (Å²) in [5.41, 5.74) is -0.0394. The van der Waals surface area contributed by atoms with Crippen LogP contribution in [-0.4, -0.2) is 56.4 Å². The molecule has 33 heavy (non-hydrogen) atoms. The predicted octanol–water partition coefficient (Wildman–Crippen LogP) is 5.41. The standard InChI is InChI=1S/C28H47FN2O2/c1-22-11-9-15-26(27(22)29)28(32,16-7-8-18-33-3)24-14-10-17-31(21-24)25(20-30-2)19-23-12-5-4-6-13-23/h9,11,15,23-25,30,32H,4-8,10,12-14,16-21H2,1-3H3. The Hall–Kier alpha value is -1.01. The smallest absolute Gasteiger partial charge is 0.132 e. The van der Waals surface area contributed by atoms with Gasteiger partial charge in [-0.15, -0.1) is 0 Å². The maximum absolute atomic E-state index is 15.3. The van der Waals surface area contributed by atoms with E-state index in [0.717, 1.165) is 51.2 Å². The van der Waals surface area contributed by atoms with Crippen molar-refractivity contribution in [1.29, 1.82) is 0 Å². The van der Waals surface area contributed by atoms with Crippen LogP contribution < -0.4 is 5.32 Å². The number of rotatable bonds is 12. The molecule has 1 saturated carbocycles. The Morgan fingerprint density at radius 3 is 2.70 bits per heavy atom. The quantitative estimate of drug-likeness (QED) is 0.408. The fraction of sp³-hybridized carbons (Fsp3) is 0.786.